The number of imidazole rings is 1. The van der Waals surface area contributed by atoms with Gasteiger partial charge in [-0.15, -0.1) is 0 Å². The number of benzene rings is 2. The third-order valence-corrected chi connectivity index (χ3v) is 3.53. The summed E-state index contributed by atoms with van der Waals surface area (Å²) in [6, 6.07) is 10.2. The van der Waals surface area contributed by atoms with Crippen LogP contribution in [0.2, 0.25) is 0 Å². The zero-order valence-corrected chi connectivity index (χ0v) is 11.6. The first-order chi connectivity index (χ1) is 10.1. The maximum Gasteiger partial charge on any atom is 0.331 e. The lowest BCUT2D eigenvalue weighted by atomic mass is 10.1. The third-order valence-electron chi connectivity index (χ3n) is 3.53. The van der Waals surface area contributed by atoms with Crippen LogP contribution in [-0.2, 0) is 6.42 Å². The molecule has 0 aliphatic rings. The van der Waals surface area contributed by atoms with Crippen LogP contribution < -0.4 is 5.69 Å². The van der Waals surface area contributed by atoms with Gasteiger partial charge in [-0.25, -0.2) is 4.79 Å². The Bertz CT molecular complexity index is 862. The lowest BCUT2D eigenvalue weighted by molar-refractivity contribution is 0.444. The number of hydrogen-bond acceptors (Lipinski definition) is 3. The van der Waals surface area contributed by atoms with Gasteiger partial charge in [0.25, 0.3) is 0 Å². The van der Waals surface area contributed by atoms with E-state index in [0.29, 0.717) is 28.7 Å². The van der Waals surface area contributed by atoms with E-state index in [1.807, 2.05) is 19.1 Å². The van der Waals surface area contributed by atoms with Gasteiger partial charge < -0.3 is 15.2 Å². The molecular weight excluding hydrogens is 268 g/mol. The number of aryl methyl sites for hydroxylation is 1. The van der Waals surface area contributed by atoms with Gasteiger partial charge in [0.1, 0.15) is 11.5 Å². The summed E-state index contributed by atoms with van der Waals surface area (Å²) < 4.78 is 1.42. The second-order valence-corrected chi connectivity index (χ2v) is 5.00. The molecule has 0 saturated heterocycles. The highest BCUT2D eigenvalue weighted by Crippen LogP contribution is 2.31. The topological polar surface area (TPSA) is 78.2 Å². The highest BCUT2D eigenvalue weighted by molar-refractivity contribution is 5.78. The molecule has 5 heteroatoms. The number of phenolic OH excluding ortho intramolecular Hbond substituents is 2. The number of aromatic nitrogens is 2. The summed E-state index contributed by atoms with van der Waals surface area (Å²) in [5.74, 6) is -0.0785. The SMILES string of the molecule is CCCc1cc(-n2c(=O)[nH]c3ccccc32)c(O)cc1O. The van der Waals surface area contributed by atoms with Crippen molar-refractivity contribution >= 4 is 11.0 Å². The number of aromatic hydroxyl groups is 2. The number of fused-ring (bicyclic) bond motifs is 1. The van der Waals surface area contributed by atoms with Crippen LogP contribution in [0.4, 0.5) is 0 Å². The van der Waals surface area contributed by atoms with Crippen LogP contribution in [-0.4, -0.2) is 19.8 Å². The van der Waals surface area contributed by atoms with Crippen molar-refractivity contribution in [1.29, 1.82) is 0 Å². The fourth-order valence-corrected chi connectivity index (χ4v) is 2.55. The number of nitrogens with zero attached hydrogens (tertiary/aromatic N) is 1. The van der Waals surface area contributed by atoms with E-state index in [-0.39, 0.29) is 17.2 Å². The number of H-pyrrole nitrogens is 1. The van der Waals surface area contributed by atoms with Crippen molar-refractivity contribution in [2.75, 3.05) is 0 Å². The van der Waals surface area contributed by atoms with Crippen LogP contribution in [0.15, 0.2) is 41.2 Å². The first-order valence-corrected chi connectivity index (χ1v) is 6.86. The van der Waals surface area contributed by atoms with Crippen LogP contribution >= 0.6 is 0 Å². The predicted octanol–water partition coefficient (Wildman–Crippen LogP) is 2.68. The third kappa shape index (κ3) is 2.16. The average Bonchev–Trinajstić information content (AvgIpc) is 2.78. The highest BCUT2D eigenvalue weighted by atomic mass is 16.3. The number of rotatable bonds is 3. The van der Waals surface area contributed by atoms with Crippen molar-refractivity contribution < 1.29 is 10.2 Å². The molecule has 0 saturated carbocycles. The molecule has 1 aromatic heterocycles. The van der Waals surface area contributed by atoms with Gasteiger partial charge >= 0.3 is 5.69 Å². The van der Waals surface area contributed by atoms with Crippen LogP contribution in [0.1, 0.15) is 18.9 Å². The van der Waals surface area contributed by atoms with Crippen molar-refractivity contribution in [1.82, 2.24) is 9.55 Å². The van der Waals surface area contributed by atoms with E-state index >= 15 is 0 Å². The number of nitrogens with one attached hydrogen (secondary N) is 1. The van der Waals surface area contributed by atoms with Gasteiger partial charge in [-0.05, 0) is 30.2 Å². The molecule has 0 amide bonds. The first-order valence-electron chi connectivity index (χ1n) is 6.86. The van der Waals surface area contributed by atoms with Crippen molar-refractivity contribution in [3.05, 3.63) is 52.4 Å². The van der Waals surface area contributed by atoms with Crippen molar-refractivity contribution in [3.8, 4) is 17.2 Å². The molecule has 0 unspecified atom stereocenters. The van der Waals surface area contributed by atoms with Crippen molar-refractivity contribution in [2.24, 2.45) is 0 Å². The van der Waals surface area contributed by atoms with Crippen LogP contribution in [0, 0.1) is 0 Å². The largest absolute Gasteiger partial charge is 0.508 e. The van der Waals surface area contributed by atoms with Crippen LogP contribution in [0.5, 0.6) is 11.5 Å². The Morgan fingerprint density at radius 2 is 1.90 bits per heavy atom. The summed E-state index contributed by atoms with van der Waals surface area (Å²) >= 11 is 0. The fraction of sp³-hybridized carbons (Fsp3) is 0.188. The molecule has 108 valence electrons. The molecule has 0 fully saturated rings. The van der Waals surface area contributed by atoms with Gasteiger partial charge in [0.2, 0.25) is 0 Å². The summed E-state index contributed by atoms with van der Waals surface area (Å²) in [5.41, 5.74) is 2.15. The minimum absolute atomic E-state index is 0.0472. The number of para-hydroxylation sites is 2. The van der Waals surface area contributed by atoms with Gasteiger partial charge in [0.05, 0.1) is 16.7 Å². The first kappa shape index (κ1) is 13.3. The number of hydrogen-bond donors (Lipinski definition) is 3. The molecule has 1 heterocycles. The second-order valence-electron chi connectivity index (χ2n) is 5.00. The Morgan fingerprint density at radius 3 is 2.67 bits per heavy atom. The lowest BCUT2D eigenvalue weighted by Gasteiger charge is -2.10. The Balaban J connectivity index is 2.30. The maximum absolute atomic E-state index is 12.2. The summed E-state index contributed by atoms with van der Waals surface area (Å²) in [5, 5.41) is 20.0. The molecule has 0 atom stereocenters. The molecule has 0 aliphatic heterocycles. The summed E-state index contributed by atoms with van der Waals surface area (Å²) in [7, 11) is 0. The lowest BCUT2D eigenvalue weighted by Crippen LogP contribution is -2.15. The Hall–Kier alpha value is -2.69. The molecule has 0 aliphatic carbocycles. The number of phenols is 2. The molecule has 3 rings (SSSR count). The Labute approximate surface area is 121 Å². The van der Waals surface area contributed by atoms with Crippen molar-refractivity contribution in [2.45, 2.75) is 19.8 Å². The minimum atomic E-state index is -0.320. The highest BCUT2D eigenvalue weighted by Gasteiger charge is 2.14. The Kier molecular flexibility index (Phi) is 3.17. The molecule has 0 radical (unpaired) electrons. The van der Waals surface area contributed by atoms with E-state index < -0.39 is 0 Å². The smallest absolute Gasteiger partial charge is 0.331 e. The van der Waals surface area contributed by atoms with E-state index in [0.717, 1.165) is 6.42 Å². The molecule has 3 N–H and O–H groups in total. The van der Waals surface area contributed by atoms with Crippen molar-refractivity contribution in [3.63, 3.8) is 0 Å². The quantitative estimate of drug-likeness (QED) is 0.692. The van der Waals surface area contributed by atoms with E-state index in [1.54, 1.807) is 18.2 Å². The van der Waals surface area contributed by atoms with Gasteiger partial charge in [0, 0.05) is 6.07 Å². The van der Waals surface area contributed by atoms with Gasteiger partial charge in [-0.2, -0.15) is 0 Å². The zero-order chi connectivity index (χ0) is 15.0. The van der Waals surface area contributed by atoms with Gasteiger partial charge in [-0.1, -0.05) is 25.5 Å². The average molecular weight is 284 g/mol. The summed E-state index contributed by atoms with van der Waals surface area (Å²) in [6.07, 6.45) is 1.54. The second kappa shape index (κ2) is 5.01. The monoisotopic (exact) mass is 284 g/mol. The summed E-state index contributed by atoms with van der Waals surface area (Å²) in [6.45, 7) is 2.00. The fourth-order valence-electron chi connectivity index (χ4n) is 2.55. The van der Waals surface area contributed by atoms with E-state index in [2.05, 4.69) is 4.98 Å². The molecule has 21 heavy (non-hydrogen) atoms. The minimum Gasteiger partial charge on any atom is -0.508 e. The van der Waals surface area contributed by atoms with Gasteiger partial charge in [-0.3, -0.25) is 4.57 Å². The number of aromatic amines is 1. The van der Waals surface area contributed by atoms with Crippen LogP contribution in [0.25, 0.3) is 16.7 Å². The molecule has 0 bridgehead atoms. The molecule has 5 nitrogen and oxygen atoms in total. The van der Waals surface area contributed by atoms with E-state index in [9.17, 15) is 15.0 Å². The molecule has 2 aromatic carbocycles. The Morgan fingerprint density at radius 1 is 1.14 bits per heavy atom. The van der Waals surface area contributed by atoms with E-state index in [1.165, 1.54) is 10.6 Å². The zero-order valence-electron chi connectivity index (χ0n) is 11.6. The normalized spacial score (nSPS) is 11.1. The predicted molar refractivity (Wildman–Crippen MR) is 81.2 cm³/mol. The maximum atomic E-state index is 12.2. The van der Waals surface area contributed by atoms with Crippen LogP contribution in [0.3, 0.4) is 0 Å². The molecule has 3 aromatic rings. The van der Waals surface area contributed by atoms with E-state index in [4.69, 9.17) is 0 Å². The summed E-state index contributed by atoms with van der Waals surface area (Å²) in [4.78, 5) is 14.9. The van der Waals surface area contributed by atoms with Gasteiger partial charge in [0.15, 0.2) is 0 Å². The standard InChI is InChI=1S/C16H16N2O3/c1-2-5-10-8-13(15(20)9-14(10)19)18-12-7-4-3-6-11(12)17-16(18)21/h3-4,6-9,19-20H,2,5H2,1H3,(H,17,21). The molecular formula is C16H16N2O3. The molecule has 0 spiro atoms.